The predicted molar refractivity (Wildman–Crippen MR) is 296 cm³/mol. The van der Waals surface area contributed by atoms with Gasteiger partial charge in [-0.3, -0.25) is 9.59 Å². The van der Waals surface area contributed by atoms with Crippen LogP contribution in [-0.2, 0) is 14.3 Å². The van der Waals surface area contributed by atoms with E-state index in [2.05, 4.69) is 43.5 Å². The molecule has 0 spiro atoms. The van der Waals surface area contributed by atoms with Gasteiger partial charge in [0.2, 0.25) is 5.91 Å². The van der Waals surface area contributed by atoms with Crippen molar-refractivity contribution in [3.05, 3.63) is 24.3 Å². The molecule has 6 heteroatoms. The minimum absolute atomic E-state index is 0.00725. The van der Waals surface area contributed by atoms with Crippen LogP contribution in [0.2, 0.25) is 0 Å². The Morgan fingerprint density at radius 1 is 0.397 bits per heavy atom. The minimum Gasteiger partial charge on any atom is -0.466 e. The molecule has 2 unspecified atom stereocenters. The summed E-state index contributed by atoms with van der Waals surface area (Å²) in [5.74, 6) is -0.0302. The fourth-order valence-electron chi connectivity index (χ4n) is 9.51. The maximum atomic E-state index is 12.4. The summed E-state index contributed by atoms with van der Waals surface area (Å²) in [7, 11) is 0. The number of rotatable bonds is 57. The number of hydrogen-bond donors (Lipinski definition) is 3. The maximum Gasteiger partial charge on any atom is 0.305 e. The average Bonchev–Trinajstić information content (AvgIpc) is 3.34. The zero-order chi connectivity index (χ0) is 49.3. The van der Waals surface area contributed by atoms with E-state index in [1.54, 1.807) is 0 Å². The van der Waals surface area contributed by atoms with E-state index in [0.29, 0.717) is 25.9 Å². The molecule has 0 aliphatic carbocycles. The molecule has 0 saturated heterocycles. The third-order valence-electron chi connectivity index (χ3n) is 14.2. The maximum absolute atomic E-state index is 12.4. The van der Waals surface area contributed by atoms with Gasteiger partial charge in [0.1, 0.15) is 0 Å². The molecule has 1 amide bonds. The highest BCUT2D eigenvalue weighted by atomic mass is 16.5. The van der Waals surface area contributed by atoms with E-state index in [0.717, 1.165) is 44.9 Å². The summed E-state index contributed by atoms with van der Waals surface area (Å²) in [6.45, 7) is 4.94. The molecule has 0 aromatic carbocycles. The van der Waals surface area contributed by atoms with Gasteiger partial charge in [-0.15, -0.1) is 0 Å². The summed E-state index contributed by atoms with van der Waals surface area (Å²) < 4.78 is 5.48. The molecule has 0 aliphatic heterocycles. The Hall–Kier alpha value is -1.66. The van der Waals surface area contributed by atoms with Gasteiger partial charge >= 0.3 is 5.97 Å². The molecule has 68 heavy (non-hydrogen) atoms. The van der Waals surface area contributed by atoms with Crippen LogP contribution >= 0.6 is 0 Å². The van der Waals surface area contributed by atoms with Crippen LogP contribution < -0.4 is 5.32 Å². The van der Waals surface area contributed by atoms with Gasteiger partial charge in [0.05, 0.1) is 25.4 Å². The van der Waals surface area contributed by atoms with Gasteiger partial charge in [0.15, 0.2) is 0 Å². The lowest BCUT2D eigenvalue weighted by atomic mass is 10.0. The van der Waals surface area contributed by atoms with Gasteiger partial charge < -0.3 is 20.3 Å². The zero-order valence-corrected chi connectivity index (χ0v) is 45.9. The number of ether oxygens (including phenoxy) is 1. The molecule has 2 atom stereocenters. The lowest BCUT2D eigenvalue weighted by Gasteiger charge is -2.22. The van der Waals surface area contributed by atoms with Crippen LogP contribution in [0.1, 0.15) is 335 Å². The molecular formula is C62H119NO5. The van der Waals surface area contributed by atoms with Crippen LogP contribution in [0, 0.1) is 0 Å². The zero-order valence-electron chi connectivity index (χ0n) is 45.9. The van der Waals surface area contributed by atoms with E-state index in [-0.39, 0.29) is 18.5 Å². The average molecular weight is 959 g/mol. The van der Waals surface area contributed by atoms with E-state index in [4.69, 9.17) is 4.74 Å². The van der Waals surface area contributed by atoms with Crippen molar-refractivity contribution in [1.29, 1.82) is 0 Å². The van der Waals surface area contributed by atoms with Crippen molar-refractivity contribution in [2.75, 3.05) is 13.2 Å². The van der Waals surface area contributed by atoms with Crippen molar-refractivity contribution in [2.45, 2.75) is 347 Å². The molecule has 0 aromatic rings. The molecular weight excluding hydrogens is 839 g/mol. The number of nitrogens with one attached hydrogen (secondary N) is 1. The summed E-state index contributed by atoms with van der Waals surface area (Å²) in [6.07, 6.45) is 70.6. The van der Waals surface area contributed by atoms with E-state index >= 15 is 0 Å². The number of carbonyl (C=O) groups excluding carboxylic acids is 2. The molecule has 0 bridgehead atoms. The molecule has 0 radical (unpaired) electrons. The number of amides is 1. The highest BCUT2D eigenvalue weighted by molar-refractivity contribution is 5.76. The Kier molecular flexibility index (Phi) is 56.5. The lowest BCUT2D eigenvalue weighted by molar-refractivity contribution is -0.143. The predicted octanol–water partition coefficient (Wildman–Crippen LogP) is 19.0. The SMILES string of the molecule is CCCCCCCC/C=C\CCCCCCCC(=O)OCCCCCCCCCCCCCC/C=C\CCCCCCCCCCCCCC(=O)NC(CO)C(O)CCCCCCCCCCC. The summed E-state index contributed by atoms with van der Waals surface area (Å²) in [5, 5.41) is 23.1. The van der Waals surface area contributed by atoms with Gasteiger partial charge in [0, 0.05) is 12.8 Å². The second-order valence-electron chi connectivity index (χ2n) is 21.0. The van der Waals surface area contributed by atoms with Crippen LogP contribution in [0.5, 0.6) is 0 Å². The van der Waals surface area contributed by atoms with Crippen molar-refractivity contribution in [1.82, 2.24) is 5.32 Å². The Bertz CT molecular complexity index is 1060. The van der Waals surface area contributed by atoms with E-state index in [1.165, 1.54) is 257 Å². The topological polar surface area (TPSA) is 95.9 Å². The number of allylic oxidation sites excluding steroid dienone is 4. The summed E-state index contributed by atoms with van der Waals surface area (Å²) in [6, 6.07) is -0.539. The van der Waals surface area contributed by atoms with Crippen LogP contribution in [-0.4, -0.2) is 47.4 Å². The summed E-state index contributed by atoms with van der Waals surface area (Å²) in [4.78, 5) is 24.5. The number of aliphatic hydroxyl groups is 2. The number of unbranched alkanes of at least 4 members (excludes halogenated alkanes) is 42. The molecule has 402 valence electrons. The molecule has 0 fully saturated rings. The molecule has 6 nitrogen and oxygen atoms in total. The van der Waals surface area contributed by atoms with Crippen molar-refractivity contribution in [3.63, 3.8) is 0 Å². The van der Waals surface area contributed by atoms with Crippen LogP contribution in [0.25, 0.3) is 0 Å². The number of aliphatic hydroxyl groups excluding tert-OH is 2. The quantitative estimate of drug-likeness (QED) is 0.0321. The number of esters is 1. The normalized spacial score (nSPS) is 12.7. The molecule has 0 heterocycles. The van der Waals surface area contributed by atoms with Crippen molar-refractivity contribution >= 4 is 11.9 Å². The fourth-order valence-corrected chi connectivity index (χ4v) is 9.51. The Morgan fingerprint density at radius 2 is 0.691 bits per heavy atom. The Labute approximate surface area is 424 Å². The van der Waals surface area contributed by atoms with E-state index in [9.17, 15) is 19.8 Å². The summed E-state index contributed by atoms with van der Waals surface area (Å²) in [5.41, 5.74) is 0. The van der Waals surface area contributed by atoms with Crippen LogP contribution in [0.15, 0.2) is 24.3 Å². The largest absolute Gasteiger partial charge is 0.466 e. The standard InChI is InChI=1S/C62H119NO5/c1-3-5-7-9-11-13-14-15-29-33-36-40-44-48-52-56-62(67)68-57-53-49-45-41-37-34-31-28-26-24-22-20-18-16-17-19-21-23-25-27-30-32-35-39-43-47-51-55-61(66)63-59(58-64)60(65)54-50-46-42-38-12-10-8-6-4-2/h15-17,29,59-60,64-65H,3-14,18-28,30-58H2,1-2H3,(H,63,66)/b17-16-,29-15-. The minimum atomic E-state index is -0.662. The third kappa shape index (κ3) is 53.7. The second-order valence-corrected chi connectivity index (χ2v) is 21.0. The number of carbonyl (C=O) groups is 2. The van der Waals surface area contributed by atoms with E-state index < -0.39 is 12.1 Å². The van der Waals surface area contributed by atoms with Crippen molar-refractivity contribution in [2.24, 2.45) is 0 Å². The molecule has 3 N–H and O–H groups in total. The molecule has 0 rings (SSSR count). The van der Waals surface area contributed by atoms with Gasteiger partial charge in [0.25, 0.3) is 0 Å². The first kappa shape index (κ1) is 66.3. The van der Waals surface area contributed by atoms with Crippen molar-refractivity contribution < 1.29 is 24.5 Å². The van der Waals surface area contributed by atoms with Gasteiger partial charge in [-0.25, -0.2) is 0 Å². The Balaban J connectivity index is 3.35. The monoisotopic (exact) mass is 958 g/mol. The van der Waals surface area contributed by atoms with Crippen LogP contribution in [0.3, 0.4) is 0 Å². The lowest BCUT2D eigenvalue weighted by Crippen LogP contribution is -2.45. The van der Waals surface area contributed by atoms with Gasteiger partial charge in [-0.05, 0) is 77.0 Å². The van der Waals surface area contributed by atoms with Gasteiger partial charge in [-0.1, -0.05) is 269 Å². The summed E-state index contributed by atoms with van der Waals surface area (Å²) >= 11 is 0. The number of hydrogen-bond acceptors (Lipinski definition) is 5. The van der Waals surface area contributed by atoms with Gasteiger partial charge in [-0.2, -0.15) is 0 Å². The molecule has 0 aromatic heterocycles. The first-order valence-corrected chi connectivity index (χ1v) is 30.6. The third-order valence-corrected chi connectivity index (χ3v) is 14.2. The Morgan fingerprint density at radius 3 is 1.04 bits per heavy atom. The first-order chi connectivity index (χ1) is 33.5. The first-order valence-electron chi connectivity index (χ1n) is 30.6. The van der Waals surface area contributed by atoms with Crippen molar-refractivity contribution in [3.8, 4) is 0 Å². The molecule has 0 saturated carbocycles. The van der Waals surface area contributed by atoms with E-state index in [1.807, 2.05) is 0 Å². The second kappa shape index (κ2) is 57.9. The highest BCUT2D eigenvalue weighted by Gasteiger charge is 2.20. The fraction of sp³-hybridized carbons (Fsp3) is 0.903. The van der Waals surface area contributed by atoms with Crippen LogP contribution in [0.4, 0.5) is 0 Å². The molecule has 0 aliphatic rings. The smallest absolute Gasteiger partial charge is 0.305 e. The highest BCUT2D eigenvalue weighted by Crippen LogP contribution is 2.17.